The van der Waals surface area contributed by atoms with Crippen LogP contribution < -0.4 is 10.2 Å². The number of quaternary nitrogens is 1. The minimum absolute atomic E-state index is 0.0229. The van der Waals surface area contributed by atoms with Crippen molar-refractivity contribution >= 4 is 13.7 Å². The van der Waals surface area contributed by atoms with Gasteiger partial charge in [0.1, 0.15) is 13.2 Å². The third-order valence-electron chi connectivity index (χ3n) is 8.91. The van der Waals surface area contributed by atoms with Gasteiger partial charge >= 0.3 is 0 Å². The summed E-state index contributed by atoms with van der Waals surface area (Å²) in [5.74, 6) is -0.259. The van der Waals surface area contributed by atoms with Crippen molar-refractivity contribution in [2.24, 2.45) is 0 Å². The fourth-order valence-corrected chi connectivity index (χ4v) is 6.08. The van der Waals surface area contributed by atoms with Gasteiger partial charge in [0.15, 0.2) is 0 Å². The van der Waals surface area contributed by atoms with E-state index in [0.717, 1.165) is 83.5 Å². The van der Waals surface area contributed by atoms with E-state index >= 15 is 0 Å². The molecule has 334 valence electrons. The second-order valence-electron chi connectivity index (χ2n) is 15.7. The number of nitrogens with one attached hydrogen (secondary N) is 1. The van der Waals surface area contributed by atoms with E-state index in [1.165, 1.54) is 25.7 Å². The lowest BCUT2D eigenvalue weighted by molar-refractivity contribution is -0.870. The largest absolute Gasteiger partial charge is 0.756 e. The Bertz CT molecular complexity index is 1370. The van der Waals surface area contributed by atoms with E-state index in [-0.39, 0.29) is 18.9 Å². The van der Waals surface area contributed by atoms with E-state index in [4.69, 9.17) is 9.05 Å². The smallest absolute Gasteiger partial charge is 0.268 e. The molecule has 9 heteroatoms. The highest BCUT2D eigenvalue weighted by molar-refractivity contribution is 7.45. The molecule has 0 aliphatic heterocycles. The number of allylic oxidation sites excluding steroid dienone is 19. The number of rotatable bonds is 38. The van der Waals surface area contributed by atoms with Crippen LogP contribution in [0.5, 0.6) is 0 Å². The van der Waals surface area contributed by atoms with Gasteiger partial charge in [-0.25, -0.2) is 0 Å². The zero-order chi connectivity index (χ0) is 43.6. The average molecular weight is 839 g/mol. The monoisotopic (exact) mass is 839 g/mol. The number of carbonyl (C=O) groups excluding carboxylic acids is 1. The summed E-state index contributed by atoms with van der Waals surface area (Å²) in [6, 6.07) is -0.934. The summed E-state index contributed by atoms with van der Waals surface area (Å²) in [5.41, 5.74) is 0. The van der Waals surface area contributed by atoms with Crippen molar-refractivity contribution < 1.29 is 32.9 Å². The number of aliphatic hydroxyl groups excluding tert-OH is 1. The SMILES string of the molecule is CC/C=C\C/C=C\C/C=C\C/C=C\C/C=C\C/C=C\C/C=C\C/C=C\CCCCC(=O)NC(COP(=O)([O-])OCC[N+](C)(C)C)C(O)/C=C/CC/C=C/CCCCCC. The summed E-state index contributed by atoms with van der Waals surface area (Å²) in [4.78, 5) is 25.2. The highest BCUT2D eigenvalue weighted by atomic mass is 31.2. The first kappa shape index (κ1) is 55.9. The highest BCUT2D eigenvalue weighted by Gasteiger charge is 2.23. The van der Waals surface area contributed by atoms with Crippen molar-refractivity contribution in [3.8, 4) is 0 Å². The summed E-state index contributed by atoms with van der Waals surface area (Å²) in [6.07, 6.45) is 59.8. The molecule has 0 radical (unpaired) electrons. The molecule has 3 atom stereocenters. The summed E-state index contributed by atoms with van der Waals surface area (Å²) < 4.78 is 23.1. The van der Waals surface area contributed by atoms with Crippen LogP contribution in [0.1, 0.15) is 136 Å². The van der Waals surface area contributed by atoms with Gasteiger partial charge in [-0.2, -0.15) is 0 Å². The number of carbonyl (C=O) groups is 1. The molecule has 0 aliphatic rings. The fourth-order valence-electron chi connectivity index (χ4n) is 5.36. The van der Waals surface area contributed by atoms with Crippen LogP contribution in [-0.4, -0.2) is 68.5 Å². The molecular formula is C50H83N2O6P. The third-order valence-corrected chi connectivity index (χ3v) is 9.87. The topological polar surface area (TPSA) is 108 Å². The van der Waals surface area contributed by atoms with Crippen LogP contribution in [-0.2, 0) is 18.4 Å². The Kier molecular flexibility index (Phi) is 38.2. The Morgan fingerprint density at radius 3 is 1.54 bits per heavy atom. The van der Waals surface area contributed by atoms with Gasteiger partial charge in [0.05, 0.1) is 39.9 Å². The molecule has 0 saturated carbocycles. The van der Waals surface area contributed by atoms with Crippen LogP contribution in [0.3, 0.4) is 0 Å². The van der Waals surface area contributed by atoms with Crippen LogP contribution >= 0.6 is 7.82 Å². The maximum atomic E-state index is 12.8. The number of phosphoric acid groups is 1. The number of nitrogens with zero attached hydrogens (tertiary/aromatic N) is 1. The third kappa shape index (κ3) is 42.8. The number of amides is 1. The number of aliphatic hydroxyl groups is 1. The van der Waals surface area contributed by atoms with Crippen molar-refractivity contribution in [2.75, 3.05) is 40.9 Å². The van der Waals surface area contributed by atoms with Crippen molar-refractivity contribution in [3.63, 3.8) is 0 Å². The Balaban J connectivity index is 4.44. The number of hydrogen-bond donors (Lipinski definition) is 2. The molecule has 2 N–H and O–H groups in total. The normalized spacial score (nSPS) is 15.4. The Labute approximate surface area is 361 Å². The zero-order valence-electron chi connectivity index (χ0n) is 37.6. The van der Waals surface area contributed by atoms with Crippen molar-refractivity contribution in [1.29, 1.82) is 0 Å². The molecule has 0 rings (SSSR count). The van der Waals surface area contributed by atoms with Crippen LogP contribution in [0.2, 0.25) is 0 Å². The molecular weight excluding hydrogens is 756 g/mol. The molecule has 3 unspecified atom stereocenters. The molecule has 0 fully saturated rings. The lowest BCUT2D eigenvalue weighted by atomic mass is 10.1. The van der Waals surface area contributed by atoms with Gasteiger partial charge in [0.2, 0.25) is 5.91 Å². The van der Waals surface area contributed by atoms with Crippen molar-refractivity contribution in [3.05, 3.63) is 122 Å². The molecule has 0 heterocycles. The summed E-state index contributed by atoms with van der Waals surface area (Å²) >= 11 is 0. The summed E-state index contributed by atoms with van der Waals surface area (Å²) in [7, 11) is 1.19. The number of phosphoric ester groups is 1. The van der Waals surface area contributed by atoms with Gasteiger partial charge < -0.3 is 28.8 Å². The molecule has 0 aromatic heterocycles. The first-order valence-electron chi connectivity index (χ1n) is 22.4. The Morgan fingerprint density at radius 2 is 1.05 bits per heavy atom. The standard InChI is InChI=1S/C50H83N2O6P/c1-6-8-10-12-14-16-18-19-20-21-22-23-24-25-26-27-28-29-30-31-32-33-34-36-38-40-42-44-50(54)51-48(47-58-59(55,56)57-46-45-52(3,4)5)49(53)43-41-39-37-35-17-15-13-11-9-7-2/h8,10,14,16-17,19-20,22-23,25-26,28-29,31-32,34-36,41,43,48-49,53H,6-7,9,11-13,15,18,21,24,27,30,33,37-40,42,44-47H2,1-5H3,(H-,51,54,55,56)/b10-8-,16-14-,20-19-,23-22-,26-25-,29-28-,32-31-,35-17+,36-34-,43-41+. The van der Waals surface area contributed by atoms with Crippen molar-refractivity contribution in [1.82, 2.24) is 5.32 Å². The molecule has 0 aromatic carbocycles. The van der Waals surface area contributed by atoms with E-state index in [1.807, 2.05) is 27.2 Å². The number of hydrogen-bond acceptors (Lipinski definition) is 6. The first-order chi connectivity index (χ1) is 28.5. The minimum Gasteiger partial charge on any atom is -0.756 e. The first-order valence-corrected chi connectivity index (χ1v) is 23.9. The van der Waals surface area contributed by atoms with Crippen molar-refractivity contribution in [2.45, 2.75) is 148 Å². The molecule has 59 heavy (non-hydrogen) atoms. The fraction of sp³-hybridized carbons (Fsp3) is 0.580. The summed E-state index contributed by atoms with van der Waals surface area (Å²) in [6.45, 7) is 4.39. The van der Waals surface area contributed by atoms with Gasteiger partial charge in [-0.15, -0.1) is 0 Å². The van der Waals surface area contributed by atoms with E-state index in [9.17, 15) is 19.4 Å². The lowest BCUT2D eigenvalue weighted by Crippen LogP contribution is -2.45. The van der Waals surface area contributed by atoms with Crippen LogP contribution in [0.15, 0.2) is 122 Å². The molecule has 0 saturated heterocycles. The second kappa shape index (κ2) is 40.3. The molecule has 0 spiro atoms. The van der Waals surface area contributed by atoms with E-state index in [0.29, 0.717) is 17.4 Å². The van der Waals surface area contributed by atoms with Gasteiger partial charge in [-0.3, -0.25) is 9.36 Å². The highest BCUT2D eigenvalue weighted by Crippen LogP contribution is 2.38. The maximum Gasteiger partial charge on any atom is 0.268 e. The Morgan fingerprint density at radius 1 is 0.610 bits per heavy atom. The van der Waals surface area contributed by atoms with Crippen LogP contribution in [0.4, 0.5) is 0 Å². The van der Waals surface area contributed by atoms with Gasteiger partial charge in [0, 0.05) is 6.42 Å². The molecule has 1 amide bonds. The minimum atomic E-state index is -4.61. The van der Waals surface area contributed by atoms with Crippen LogP contribution in [0, 0.1) is 0 Å². The lowest BCUT2D eigenvalue weighted by Gasteiger charge is -2.29. The van der Waals surface area contributed by atoms with E-state index < -0.39 is 26.6 Å². The predicted octanol–water partition coefficient (Wildman–Crippen LogP) is 12.1. The summed E-state index contributed by atoms with van der Waals surface area (Å²) in [5, 5.41) is 13.7. The van der Waals surface area contributed by atoms with E-state index in [1.54, 1.807) is 6.08 Å². The maximum absolute atomic E-state index is 12.8. The molecule has 0 aliphatic carbocycles. The van der Waals surface area contributed by atoms with Crippen LogP contribution in [0.25, 0.3) is 0 Å². The predicted molar refractivity (Wildman–Crippen MR) is 251 cm³/mol. The number of unbranched alkanes of at least 4 members (excludes halogenated alkanes) is 7. The molecule has 0 aromatic rings. The second-order valence-corrected chi connectivity index (χ2v) is 17.1. The number of likely N-dealkylation sites (N-methyl/N-ethyl adjacent to an activating group) is 1. The van der Waals surface area contributed by atoms with Gasteiger partial charge in [0.25, 0.3) is 7.82 Å². The molecule has 8 nitrogen and oxygen atoms in total. The van der Waals surface area contributed by atoms with E-state index in [2.05, 4.69) is 129 Å². The Hall–Kier alpha value is -3.10. The van der Waals surface area contributed by atoms with Gasteiger partial charge in [-0.1, -0.05) is 155 Å². The van der Waals surface area contributed by atoms with Gasteiger partial charge in [-0.05, 0) is 96.3 Å². The molecule has 0 bridgehead atoms. The quantitative estimate of drug-likeness (QED) is 0.0277. The average Bonchev–Trinajstić information content (AvgIpc) is 3.19. The zero-order valence-corrected chi connectivity index (χ0v) is 38.5.